The first kappa shape index (κ1) is 20.2. The third-order valence-electron chi connectivity index (χ3n) is 4.86. The number of alkyl halides is 3. The van der Waals surface area contributed by atoms with Crippen LogP contribution in [-0.4, -0.2) is 33.5 Å². The molecule has 0 fully saturated rings. The van der Waals surface area contributed by atoms with Gasteiger partial charge in [-0.2, -0.15) is 13.2 Å². The lowest BCUT2D eigenvalue weighted by atomic mass is 9.97. The second kappa shape index (κ2) is 8.20. The molecule has 28 heavy (non-hydrogen) atoms. The van der Waals surface area contributed by atoms with E-state index in [-0.39, 0.29) is 38.4 Å². The van der Waals surface area contributed by atoms with Crippen molar-refractivity contribution in [3.63, 3.8) is 0 Å². The molecule has 1 atom stereocenters. The summed E-state index contributed by atoms with van der Waals surface area (Å²) in [5.74, 6) is 0.0383. The fourth-order valence-corrected chi connectivity index (χ4v) is 3.13. The van der Waals surface area contributed by atoms with Crippen LogP contribution in [0.2, 0.25) is 0 Å². The summed E-state index contributed by atoms with van der Waals surface area (Å²) in [4.78, 5) is 12.0. The van der Waals surface area contributed by atoms with E-state index in [1.54, 1.807) is 4.57 Å². The molecule has 1 N–H and O–H groups in total. The van der Waals surface area contributed by atoms with E-state index in [4.69, 9.17) is 4.74 Å². The molecule has 3 rings (SSSR count). The van der Waals surface area contributed by atoms with Crippen molar-refractivity contribution in [2.24, 2.45) is 5.92 Å². The Balaban J connectivity index is 1.49. The van der Waals surface area contributed by atoms with Crippen molar-refractivity contribution >= 4 is 5.91 Å². The van der Waals surface area contributed by atoms with Gasteiger partial charge in [-0.15, -0.1) is 10.2 Å². The maximum absolute atomic E-state index is 12.9. The standard InChI is InChI=1S/C19H23F3N4O2/c1-12(2)13-3-5-15(6-4-13)28-11-18(27)23-10-17-25-24-16-9-14(19(20,21)22)7-8-26(16)17/h3-6,12,14H,7-11H2,1-2H3,(H,23,27). The van der Waals surface area contributed by atoms with Crippen LogP contribution in [0.4, 0.5) is 13.2 Å². The first-order chi connectivity index (χ1) is 13.2. The minimum atomic E-state index is -4.23. The van der Waals surface area contributed by atoms with E-state index in [0.29, 0.717) is 23.3 Å². The molecule has 9 heteroatoms. The second-order valence-corrected chi connectivity index (χ2v) is 7.20. The summed E-state index contributed by atoms with van der Waals surface area (Å²) < 4.78 is 45.7. The number of carbonyl (C=O) groups excluding carboxylic acids is 1. The molecule has 0 radical (unpaired) electrons. The van der Waals surface area contributed by atoms with Gasteiger partial charge in [-0.25, -0.2) is 0 Å². The first-order valence-electron chi connectivity index (χ1n) is 9.21. The molecule has 1 aliphatic heterocycles. The van der Waals surface area contributed by atoms with Gasteiger partial charge in [-0.3, -0.25) is 4.79 Å². The quantitative estimate of drug-likeness (QED) is 0.814. The molecule has 1 aromatic heterocycles. The van der Waals surface area contributed by atoms with Crippen LogP contribution < -0.4 is 10.1 Å². The van der Waals surface area contributed by atoms with Gasteiger partial charge in [-0.05, 0) is 30.0 Å². The van der Waals surface area contributed by atoms with Crippen molar-refractivity contribution in [2.45, 2.75) is 51.9 Å². The van der Waals surface area contributed by atoms with Gasteiger partial charge in [0.05, 0.1) is 12.5 Å². The maximum Gasteiger partial charge on any atom is 0.392 e. The van der Waals surface area contributed by atoms with E-state index < -0.39 is 12.1 Å². The van der Waals surface area contributed by atoms with Gasteiger partial charge in [0.25, 0.3) is 5.91 Å². The van der Waals surface area contributed by atoms with E-state index >= 15 is 0 Å². The fourth-order valence-electron chi connectivity index (χ4n) is 3.13. The van der Waals surface area contributed by atoms with E-state index in [0.717, 1.165) is 0 Å². The van der Waals surface area contributed by atoms with Crippen molar-refractivity contribution < 1.29 is 22.7 Å². The summed E-state index contributed by atoms with van der Waals surface area (Å²) in [6.07, 6.45) is -4.42. The highest BCUT2D eigenvalue weighted by atomic mass is 19.4. The number of nitrogens with zero attached hydrogens (tertiary/aromatic N) is 3. The Morgan fingerprint density at radius 2 is 2.00 bits per heavy atom. The Bertz CT molecular complexity index is 816. The number of carbonyl (C=O) groups is 1. The lowest BCUT2D eigenvalue weighted by molar-refractivity contribution is -0.179. The molecule has 152 valence electrons. The van der Waals surface area contributed by atoms with Crippen LogP contribution in [0.3, 0.4) is 0 Å². The number of ether oxygens (including phenoxy) is 1. The zero-order chi connectivity index (χ0) is 20.3. The molecule has 1 amide bonds. The SMILES string of the molecule is CC(C)c1ccc(OCC(=O)NCc2nnc3n2CCC(C(F)(F)F)C3)cc1. The van der Waals surface area contributed by atoms with Gasteiger partial charge in [-0.1, -0.05) is 26.0 Å². The summed E-state index contributed by atoms with van der Waals surface area (Å²) in [5.41, 5.74) is 1.18. The Hall–Kier alpha value is -2.58. The second-order valence-electron chi connectivity index (χ2n) is 7.20. The van der Waals surface area contributed by atoms with Crippen LogP contribution >= 0.6 is 0 Å². The number of benzene rings is 1. The third-order valence-corrected chi connectivity index (χ3v) is 4.86. The smallest absolute Gasteiger partial charge is 0.392 e. The Labute approximate surface area is 161 Å². The van der Waals surface area contributed by atoms with Crippen LogP contribution in [0.5, 0.6) is 5.75 Å². The van der Waals surface area contributed by atoms with Gasteiger partial charge < -0.3 is 14.6 Å². The number of aromatic nitrogens is 3. The zero-order valence-corrected chi connectivity index (χ0v) is 15.8. The summed E-state index contributed by atoms with van der Waals surface area (Å²) >= 11 is 0. The molecular weight excluding hydrogens is 373 g/mol. The molecule has 0 saturated carbocycles. The molecule has 1 unspecified atom stereocenters. The molecule has 2 aromatic rings. The molecular formula is C19H23F3N4O2. The van der Waals surface area contributed by atoms with Crippen molar-refractivity contribution in [3.05, 3.63) is 41.5 Å². The van der Waals surface area contributed by atoms with E-state index in [9.17, 15) is 18.0 Å². The minimum absolute atomic E-state index is 0.00896. The summed E-state index contributed by atoms with van der Waals surface area (Å²) in [6, 6.07) is 7.53. The molecule has 0 bridgehead atoms. The predicted molar refractivity (Wildman–Crippen MR) is 95.8 cm³/mol. The summed E-state index contributed by atoms with van der Waals surface area (Å²) in [5, 5.41) is 10.4. The molecule has 6 nitrogen and oxygen atoms in total. The number of hydrogen-bond acceptors (Lipinski definition) is 4. The predicted octanol–water partition coefficient (Wildman–Crippen LogP) is 3.22. The molecule has 0 aliphatic carbocycles. The van der Waals surface area contributed by atoms with Gasteiger partial charge in [0.15, 0.2) is 12.4 Å². The topological polar surface area (TPSA) is 69.0 Å². The highest BCUT2D eigenvalue weighted by Crippen LogP contribution is 2.34. The van der Waals surface area contributed by atoms with Crippen molar-refractivity contribution in [2.75, 3.05) is 6.61 Å². The van der Waals surface area contributed by atoms with E-state index in [1.165, 1.54) is 5.56 Å². The average molecular weight is 396 g/mol. The van der Waals surface area contributed by atoms with Crippen LogP contribution in [0.25, 0.3) is 0 Å². The molecule has 1 aromatic carbocycles. The van der Waals surface area contributed by atoms with Gasteiger partial charge in [0.1, 0.15) is 11.6 Å². The molecule has 2 heterocycles. The molecule has 1 aliphatic rings. The van der Waals surface area contributed by atoms with Crippen LogP contribution in [-0.2, 0) is 24.3 Å². The average Bonchev–Trinajstić information content (AvgIpc) is 3.06. The van der Waals surface area contributed by atoms with Crippen molar-refractivity contribution in [3.8, 4) is 5.75 Å². The van der Waals surface area contributed by atoms with Crippen molar-refractivity contribution in [1.29, 1.82) is 0 Å². The fraction of sp³-hybridized carbons (Fsp3) is 0.526. The Kier molecular flexibility index (Phi) is 5.90. The number of amides is 1. The van der Waals surface area contributed by atoms with E-state index in [1.807, 2.05) is 24.3 Å². The maximum atomic E-state index is 12.9. The van der Waals surface area contributed by atoms with Gasteiger partial charge in [0.2, 0.25) is 0 Å². The highest BCUT2D eigenvalue weighted by molar-refractivity contribution is 5.77. The third kappa shape index (κ3) is 4.82. The van der Waals surface area contributed by atoms with Crippen molar-refractivity contribution in [1.82, 2.24) is 20.1 Å². The van der Waals surface area contributed by atoms with Gasteiger partial charge >= 0.3 is 6.18 Å². The van der Waals surface area contributed by atoms with Crippen LogP contribution in [0.15, 0.2) is 24.3 Å². The molecule has 0 spiro atoms. The number of nitrogens with one attached hydrogen (secondary N) is 1. The summed E-state index contributed by atoms with van der Waals surface area (Å²) in [6.45, 7) is 4.32. The largest absolute Gasteiger partial charge is 0.484 e. The lowest BCUT2D eigenvalue weighted by Gasteiger charge is -2.25. The van der Waals surface area contributed by atoms with Gasteiger partial charge in [0, 0.05) is 13.0 Å². The number of fused-ring (bicyclic) bond motifs is 1. The monoisotopic (exact) mass is 396 g/mol. The highest BCUT2D eigenvalue weighted by Gasteiger charge is 2.42. The van der Waals surface area contributed by atoms with E-state index in [2.05, 4.69) is 29.4 Å². The molecule has 0 saturated heterocycles. The van der Waals surface area contributed by atoms with Crippen LogP contribution in [0.1, 0.15) is 43.4 Å². The Morgan fingerprint density at radius 3 is 2.64 bits per heavy atom. The summed E-state index contributed by atoms with van der Waals surface area (Å²) in [7, 11) is 0. The van der Waals surface area contributed by atoms with Crippen LogP contribution in [0, 0.1) is 5.92 Å². The number of hydrogen-bond donors (Lipinski definition) is 1. The number of rotatable bonds is 6. The zero-order valence-electron chi connectivity index (χ0n) is 15.8. The lowest BCUT2D eigenvalue weighted by Crippen LogP contribution is -2.33. The first-order valence-corrected chi connectivity index (χ1v) is 9.21. The number of halogens is 3. The minimum Gasteiger partial charge on any atom is -0.484 e. The normalized spacial score (nSPS) is 16.7. The Morgan fingerprint density at radius 1 is 1.29 bits per heavy atom.